The molecule has 10 nitrogen and oxygen atoms in total. The fourth-order valence-electron chi connectivity index (χ4n) is 3.82. The van der Waals surface area contributed by atoms with Gasteiger partial charge in [-0.15, -0.1) is 11.8 Å². The molecule has 2 aliphatic rings. The smallest absolute Gasteiger partial charge is 0.352 e. The van der Waals surface area contributed by atoms with E-state index in [-0.39, 0.29) is 17.7 Å². The molecule has 170 valence electrons. The molecule has 2 aliphatic heterocycles. The summed E-state index contributed by atoms with van der Waals surface area (Å²) in [5.74, 6) is -3.17. The fourth-order valence-corrected chi connectivity index (χ4v) is 5.17. The van der Waals surface area contributed by atoms with Crippen LogP contribution in [0.15, 0.2) is 60.1 Å². The van der Waals surface area contributed by atoms with Crippen molar-refractivity contribution >= 4 is 35.5 Å². The van der Waals surface area contributed by atoms with E-state index in [1.54, 1.807) is 30.3 Å². The average molecular weight is 468 g/mol. The van der Waals surface area contributed by atoms with Crippen molar-refractivity contribution in [3.8, 4) is 0 Å². The van der Waals surface area contributed by atoms with Gasteiger partial charge in [-0.2, -0.15) is 0 Å². The van der Waals surface area contributed by atoms with Crippen molar-refractivity contribution in [2.75, 3.05) is 5.75 Å². The molecule has 1 saturated heterocycles. The van der Waals surface area contributed by atoms with Gasteiger partial charge < -0.3 is 21.3 Å². The Balaban J connectivity index is 1.51. The first kappa shape index (κ1) is 22.5. The Morgan fingerprint density at radius 3 is 2.58 bits per heavy atom. The zero-order chi connectivity index (χ0) is 23.7. The number of pyridine rings is 1. The Kier molecular flexibility index (Phi) is 6.16. The topological polar surface area (TPSA) is 163 Å². The molecule has 0 radical (unpaired) electrons. The molecule has 1 aromatic heterocycles. The first-order valence-corrected chi connectivity index (χ1v) is 11.0. The third-order valence-corrected chi connectivity index (χ3v) is 6.79. The number of fused-ring (bicyclic) bond motifs is 1. The lowest BCUT2D eigenvalue weighted by molar-refractivity contribution is -0.150. The molecule has 11 heteroatoms. The normalized spacial score (nSPS) is 20.5. The van der Waals surface area contributed by atoms with Crippen LogP contribution in [0, 0.1) is 0 Å². The summed E-state index contributed by atoms with van der Waals surface area (Å²) < 4.78 is 0. The van der Waals surface area contributed by atoms with Crippen LogP contribution in [0.4, 0.5) is 0 Å². The van der Waals surface area contributed by atoms with Crippen LogP contribution in [0.3, 0.4) is 0 Å². The van der Waals surface area contributed by atoms with Crippen LogP contribution in [-0.2, 0) is 20.8 Å². The summed E-state index contributed by atoms with van der Waals surface area (Å²) in [6.07, 6.45) is 2.80. The SMILES string of the molecule is N[C@@H](C(=O)N[C@@H]1C(=O)N2C(C(=O)O)=C(Cc3cncc(C(=O)O)c3)CS[C@H]12)c1ccccc1. The summed E-state index contributed by atoms with van der Waals surface area (Å²) in [5, 5.41) is 21.0. The molecule has 3 heterocycles. The second-order valence-corrected chi connectivity index (χ2v) is 8.71. The number of nitrogens with zero attached hydrogens (tertiary/aromatic N) is 2. The number of carboxylic acids is 2. The van der Waals surface area contributed by atoms with Gasteiger partial charge in [0.2, 0.25) is 5.91 Å². The second-order valence-electron chi connectivity index (χ2n) is 7.61. The summed E-state index contributed by atoms with van der Waals surface area (Å²) in [6.45, 7) is 0. The maximum absolute atomic E-state index is 12.8. The van der Waals surface area contributed by atoms with Gasteiger partial charge in [-0.25, -0.2) is 9.59 Å². The summed E-state index contributed by atoms with van der Waals surface area (Å²) >= 11 is 1.32. The molecule has 2 aromatic rings. The Labute approximate surface area is 192 Å². The zero-order valence-electron chi connectivity index (χ0n) is 17.2. The molecule has 0 spiro atoms. The fraction of sp³-hybridized carbons (Fsp3) is 0.227. The summed E-state index contributed by atoms with van der Waals surface area (Å²) in [4.78, 5) is 53.6. The predicted octanol–water partition coefficient (Wildman–Crippen LogP) is 0.761. The first-order valence-electron chi connectivity index (χ1n) is 9.96. The van der Waals surface area contributed by atoms with Gasteiger partial charge in [-0.1, -0.05) is 30.3 Å². The van der Waals surface area contributed by atoms with Gasteiger partial charge in [0.05, 0.1) is 5.56 Å². The van der Waals surface area contributed by atoms with E-state index in [1.807, 2.05) is 0 Å². The highest BCUT2D eigenvalue weighted by Crippen LogP contribution is 2.41. The van der Waals surface area contributed by atoms with E-state index in [9.17, 15) is 24.3 Å². The Morgan fingerprint density at radius 2 is 1.91 bits per heavy atom. The monoisotopic (exact) mass is 468 g/mol. The van der Waals surface area contributed by atoms with Gasteiger partial charge in [-0.05, 0) is 29.2 Å². The molecule has 0 aliphatic carbocycles. The summed E-state index contributed by atoms with van der Waals surface area (Å²) in [5.41, 5.74) is 7.43. The zero-order valence-corrected chi connectivity index (χ0v) is 18.0. The number of benzene rings is 1. The highest BCUT2D eigenvalue weighted by molar-refractivity contribution is 8.00. The van der Waals surface area contributed by atoms with Crippen molar-refractivity contribution in [2.45, 2.75) is 23.9 Å². The van der Waals surface area contributed by atoms with Crippen molar-refractivity contribution in [1.29, 1.82) is 0 Å². The molecule has 1 fully saturated rings. The van der Waals surface area contributed by atoms with E-state index >= 15 is 0 Å². The van der Waals surface area contributed by atoms with Crippen LogP contribution in [0.2, 0.25) is 0 Å². The van der Waals surface area contributed by atoms with Gasteiger partial charge in [0, 0.05) is 18.1 Å². The van der Waals surface area contributed by atoms with Crippen LogP contribution in [0.5, 0.6) is 0 Å². The molecule has 2 amide bonds. The van der Waals surface area contributed by atoms with E-state index in [0.717, 1.165) is 0 Å². The molecular formula is C22H20N4O6S. The van der Waals surface area contributed by atoms with E-state index in [0.29, 0.717) is 22.5 Å². The van der Waals surface area contributed by atoms with Gasteiger partial charge in [0.1, 0.15) is 23.2 Å². The molecule has 0 bridgehead atoms. The predicted molar refractivity (Wildman–Crippen MR) is 118 cm³/mol. The highest BCUT2D eigenvalue weighted by atomic mass is 32.2. The lowest BCUT2D eigenvalue weighted by atomic mass is 9.98. The third kappa shape index (κ3) is 4.32. The Morgan fingerprint density at radius 1 is 1.18 bits per heavy atom. The van der Waals surface area contributed by atoms with Gasteiger partial charge >= 0.3 is 11.9 Å². The Hall–Kier alpha value is -3.70. The van der Waals surface area contributed by atoms with Crippen LogP contribution >= 0.6 is 11.8 Å². The molecule has 1 aromatic carbocycles. The second kappa shape index (κ2) is 9.04. The molecule has 0 unspecified atom stereocenters. The number of aliphatic carboxylic acids is 1. The number of aromatic nitrogens is 1. The van der Waals surface area contributed by atoms with Crippen LogP contribution in [-0.4, -0.2) is 61.0 Å². The average Bonchev–Trinajstić information content (AvgIpc) is 2.82. The van der Waals surface area contributed by atoms with Gasteiger partial charge in [0.25, 0.3) is 5.91 Å². The number of nitrogens with two attached hydrogens (primary N) is 1. The molecular weight excluding hydrogens is 448 g/mol. The number of aromatic carboxylic acids is 1. The Bertz CT molecular complexity index is 1170. The first-order chi connectivity index (χ1) is 15.8. The van der Waals surface area contributed by atoms with Crippen LogP contribution < -0.4 is 11.1 Å². The molecule has 4 rings (SSSR count). The van der Waals surface area contributed by atoms with E-state index < -0.39 is 41.2 Å². The minimum Gasteiger partial charge on any atom is -0.478 e. The number of hydrogen-bond acceptors (Lipinski definition) is 7. The van der Waals surface area contributed by atoms with E-state index in [2.05, 4.69) is 10.3 Å². The number of rotatable bonds is 7. The van der Waals surface area contributed by atoms with Crippen molar-refractivity contribution < 1.29 is 29.4 Å². The van der Waals surface area contributed by atoms with Crippen molar-refractivity contribution in [1.82, 2.24) is 15.2 Å². The largest absolute Gasteiger partial charge is 0.478 e. The number of carboxylic acid groups (broad SMARTS) is 2. The van der Waals surface area contributed by atoms with Crippen LogP contribution in [0.25, 0.3) is 0 Å². The molecule has 5 N–H and O–H groups in total. The highest BCUT2D eigenvalue weighted by Gasteiger charge is 2.54. The van der Waals surface area contributed by atoms with Gasteiger partial charge in [0.15, 0.2) is 0 Å². The minimum absolute atomic E-state index is 0.0103. The van der Waals surface area contributed by atoms with Gasteiger partial charge in [-0.3, -0.25) is 19.5 Å². The number of amides is 2. The van der Waals surface area contributed by atoms with Crippen molar-refractivity contribution in [3.05, 3.63) is 76.8 Å². The van der Waals surface area contributed by atoms with E-state index in [1.165, 1.54) is 35.1 Å². The minimum atomic E-state index is -1.27. The number of nitrogens with one attached hydrogen (secondary N) is 1. The number of carbonyl (C=O) groups excluding carboxylic acids is 2. The number of thioether (sulfide) groups is 1. The van der Waals surface area contributed by atoms with Crippen molar-refractivity contribution in [3.63, 3.8) is 0 Å². The lowest BCUT2D eigenvalue weighted by Crippen LogP contribution is -2.71. The molecule has 3 atom stereocenters. The molecule has 33 heavy (non-hydrogen) atoms. The quantitative estimate of drug-likeness (QED) is 0.430. The van der Waals surface area contributed by atoms with E-state index in [4.69, 9.17) is 10.8 Å². The summed E-state index contributed by atoms with van der Waals surface area (Å²) in [6, 6.07) is 8.30. The third-order valence-electron chi connectivity index (χ3n) is 5.45. The maximum atomic E-state index is 12.8. The number of carbonyl (C=O) groups is 4. The number of β-lactam (4-membered cyclic amide) rings is 1. The lowest BCUT2D eigenvalue weighted by Gasteiger charge is -2.49. The maximum Gasteiger partial charge on any atom is 0.352 e. The summed E-state index contributed by atoms with van der Waals surface area (Å²) in [7, 11) is 0. The standard InChI is InChI=1S/C22H20N4O6S/c23-15(12-4-2-1-3-5-12)18(27)25-16-19(28)26-17(22(31)32)14(10-33-20(16)26)7-11-6-13(21(29)30)9-24-8-11/h1-6,8-9,15-16,20H,7,10,23H2,(H,25,27)(H,29,30)(H,31,32)/t15-,16-,20-/m1/s1. The van der Waals surface area contributed by atoms with Crippen LogP contribution in [0.1, 0.15) is 27.5 Å². The number of hydrogen-bond donors (Lipinski definition) is 4. The van der Waals surface area contributed by atoms with Crippen molar-refractivity contribution in [2.24, 2.45) is 5.73 Å². The molecule has 0 saturated carbocycles.